The maximum Gasteiger partial charge on any atom is 0.425 e. The second-order valence-corrected chi connectivity index (χ2v) is 8.04. The van der Waals surface area contributed by atoms with E-state index in [1.807, 2.05) is 5.32 Å². The fraction of sp³-hybridized carbons (Fsp3) is 0.750. The van der Waals surface area contributed by atoms with E-state index >= 15 is 0 Å². The second kappa shape index (κ2) is 8.75. The molecule has 2 amide bonds. The molecule has 0 radical (unpaired) electrons. The molecule has 2 rings (SSSR count). The SMILES string of the molecule is CCOC(=O)C1=C(C)N(C2CCCCC2)C(=O)[C@@]1(NC(=O)CC(C)C)C(F)(F)F. The Hall–Kier alpha value is -2.06. The summed E-state index contributed by atoms with van der Waals surface area (Å²) in [5.74, 6) is -3.72. The molecule has 2 aliphatic rings. The molecule has 1 aliphatic carbocycles. The Labute approximate surface area is 168 Å². The highest BCUT2D eigenvalue weighted by Crippen LogP contribution is 2.47. The average molecular weight is 418 g/mol. The summed E-state index contributed by atoms with van der Waals surface area (Å²) in [6, 6.07) is -0.438. The number of hydrogen-bond donors (Lipinski definition) is 1. The monoisotopic (exact) mass is 418 g/mol. The van der Waals surface area contributed by atoms with Crippen molar-refractivity contribution in [3.8, 4) is 0 Å². The standard InChI is InChI=1S/C20H29F3N2O4/c1-5-29-17(27)16-13(4)25(14-9-7-6-8-10-14)18(28)19(16,20(21,22)23)24-15(26)11-12(2)3/h12,14H,5-11H2,1-4H3,(H,24,26)/t19-/m1/s1. The van der Waals surface area contributed by atoms with Crippen LogP contribution in [-0.2, 0) is 19.1 Å². The summed E-state index contributed by atoms with van der Waals surface area (Å²) < 4.78 is 48.1. The van der Waals surface area contributed by atoms with Gasteiger partial charge in [0, 0.05) is 18.2 Å². The fourth-order valence-electron chi connectivity index (χ4n) is 4.20. The topological polar surface area (TPSA) is 75.7 Å². The third-order valence-corrected chi connectivity index (χ3v) is 5.40. The van der Waals surface area contributed by atoms with Gasteiger partial charge in [0.1, 0.15) is 5.57 Å². The molecule has 164 valence electrons. The Balaban J connectivity index is 2.62. The number of rotatable bonds is 6. The van der Waals surface area contributed by atoms with Crippen molar-refractivity contribution in [1.82, 2.24) is 10.2 Å². The molecule has 0 aromatic carbocycles. The van der Waals surface area contributed by atoms with E-state index in [-0.39, 0.29) is 24.6 Å². The molecule has 0 bridgehead atoms. The van der Waals surface area contributed by atoms with Crippen molar-refractivity contribution >= 4 is 17.8 Å². The molecule has 0 aromatic rings. The molecule has 1 heterocycles. The first kappa shape index (κ1) is 23.2. The summed E-state index contributed by atoms with van der Waals surface area (Å²) in [7, 11) is 0. The number of amides is 2. The van der Waals surface area contributed by atoms with Gasteiger partial charge in [-0.25, -0.2) is 4.79 Å². The molecule has 1 aliphatic heterocycles. The quantitative estimate of drug-likeness (QED) is 0.671. The number of carbonyl (C=O) groups excluding carboxylic acids is 3. The van der Waals surface area contributed by atoms with Gasteiger partial charge in [-0.1, -0.05) is 33.1 Å². The molecule has 0 unspecified atom stereocenters. The zero-order valence-corrected chi connectivity index (χ0v) is 17.3. The number of allylic oxidation sites excluding steroid dienone is 1. The molecule has 6 nitrogen and oxygen atoms in total. The van der Waals surface area contributed by atoms with Gasteiger partial charge < -0.3 is 15.0 Å². The summed E-state index contributed by atoms with van der Waals surface area (Å²) in [6.45, 7) is 5.99. The van der Waals surface area contributed by atoms with E-state index in [0.29, 0.717) is 12.8 Å². The van der Waals surface area contributed by atoms with Crippen LogP contribution in [0.25, 0.3) is 0 Å². The zero-order valence-electron chi connectivity index (χ0n) is 17.3. The van der Waals surface area contributed by atoms with Gasteiger partial charge in [-0.2, -0.15) is 13.2 Å². The molecule has 9 heteroatoms. The van der Waals surface area contributed by atoms with Crippen LogP contribution in [0.4, 0.5) is 13.2 Å². The maximum atomic E-state index is 14.4. The van der Waals surface area contributed by atoms with E-state index in [2.05, 4.69) is 0 Å². The summed E-state index contributed by atoms with van der Waals surface area (Å²) >= 11 is 0. The highest BCUT2D eigenvalue weighted by molar-refractivity contribution is 6.10. The minimum Gasteiger partial charge on any atom is -0.462 e. The van der Waals surface area contributed by atoms with Gasteiger partial charge in [-0.15, -0.1) is 0 Å². The van der Waals surface area contributed by atoms with Gasteiger partial charge in [0.05, 0.1) is 6.61 Å². The largest absolute Gasteiger partial charge is 0.462 e. The van der Waals surface area contributed by atoms with Gasteiger partial charge >= 0.3 is 12.1 Å². The molecule has 0 spiro atoms. The summed E-state index contributed by atoms with van der Waals surface area (Å²) in [5.41, 5.74) is -4.35. The highest BCUT2D eigenvalue weighted by atomic mass is 19.4. The predicted octanol–water partition coefficient (Wildman–Crippen LogP) is 3.46. The average Bonchev–Trinajstić information content (AvgIpc) is 2.82. The number of nitrogens with one attached hydrogen (secondary N) is 1. The van der Waals surface area contributed by atoms with Gasteiger partial charge in [0.15, 0.2) is 0 Å². The summed E-state index contributed by atoms with van der Waals surface area (Å²) in [4.78, 5) is 39.3. The first-order chi connectivity index (χ1) is 13.5. The van der Waals surface area contributed by atoms with Crippen LogP contribution in [0.15, 0.2) is 11.3 Å². The van der Waals surface area contributed by atoms with Crippen LogP contribution in [0.2, 0.25) is 0 Å². The van der Waals surface area contributed by atoms with Gasteiger partial charge in [-0.3, -0.25) is 9.59 Å². The third-order valence-electron chi connectivity index (χ3n) is 5.40. The van der Waals surface area contributed by atoms with Crippen LogP contribution in [0.5, 0.6) is 0 Å². The van der Waals surface area contributed by atoms with E-state index in [1.165, 1.54) is 13.8 Å². The van der Waals surface area contributed by atoms with E-state index in [0.717, 1.165) is 24.2 Å². The number of nitrogens with zero attached hydrogens (tertiary/aromatic N) is 1. The van der Waals surface area contributed by atoms with E-state index in [4.69, 9.17) is 4.74 Å². The lowest BCUT2D eigenvalue weighted by Crippen LogP contribution is -2.67. The number of hydrogen-bond acceptors (Lipinski definition) is 4. The van der Waals surface area contributed by atoms with Gasteiger partial charge in [0.2, 0.25) is 11.4 Å². The highest BCUT2D eigenvalue weighted by Gasteiger charge is 2.71. The van der Waals surface area contributed by atoms with Crippen LogP contribution in [-0.4, -0.2) is 47.0 Å². The first-order valence-corrected chi connectivity index (χ1v) is 10.1. The molecule has 1 saturated carbocycles. The first-order valence-electron chi connectivity index (χ1n) is 10.1. The minimum absolute atomic E-state index is 0.0949. The number of halogens is 3. The van der Waals surface area contributed by atoms with Crippen LogP contribution in [0, 0.1) is 5.92 Å². The zero-order chi connectivity index (χ0) is 22.0. The minimum atomic E-state index is -5.20. The van der Waals surface area contributed by atoms with Crippen molar-refractivity contribution in [3.63, 3.8) is 0 Å². The molecular formula is C20H29F3N2O4. The fourth-order valence-corrected chi connectivity index (χ4v) is 4.20. The lowest BCUT2D eigenvalue weighted by Gasteiger charge is -2.36. The Kier molecular flexibility index (Phi) is 7.01. The van der Waals surface area contributed by atoms with Crippen molar-refractivity contribution in [2.75, 3.05) is 6.61 Å². The van der Waals surface area contributed by atoms with Crippen molar-refractivity contribution in [2.24, 2.45) is 5.92 Å². The Morgan fingerprint density at radius 2 is 1.83 bits per heavy atom. The van der Waals surface area contributed by atoms with Gasteiger partial charge in [0.25, 0.3) is 5.91 Å². The lowest BCUT2D eigenvalue weighted by molar-refractivity contribution is -0.197. The van der Waals surface area contributed by atoms with Crippen molar-refractivity contribution in [1.29, 1.82) is 0 Å². The molecule has 1 fully saturated rings. The number of carbonyl (C=O) groups is 3. The van der Waals surface area contributed by atoms with Crippen molar-refractivity contribution in [3.05, 3.63) is 11.3 Å². The number of ether oxygens (including phenoxy) is 1. The van der Waals surface area contributed by atoms with Crippen LogP contribution in [0.3, 0.4) is 0 Å². The summed E-state index contributed by atoms with van der Waals surface area (Å²) in [6.07, 6.45) is -1.79. The Morgan fingerprint density at radius 3 is 2.31 bits per heavy atom. The van der Waals surface area contributed by atoms with E-state index in [9.17, 15) is 27.6 Å². The Morgan fingerprint density at radius 1 is 1.24 bits per heavy atom. The van der Waals surface area contributed by atoms with Crippen LogP contribution in [0.1, 0.15) is 66.2 Å². The molecular weight excluding hydrogens is 389 g/mol. The van der Waals surface area contributed by atoms with Crippen LogP contribution < -0.4 is 5.32 Å². The molecule has 0 saturated heterocycles. The Bertz CT molecular complexity index is 696. The molecule has 1 N–H and O–H groups in total. The van der Waals surface area contributed by atoms with E-state index < -0.39 is 41.1 Å². The maximum absolute atomic E-state index is 14.4. The van der Waals surface area contributed by atoms with Crippen molar-refractivity contribution in [2.45, 2.75) is 84.0 Å². The number of esters is 1. The number of alkyl halides is 3. The normalized spacial score (nSPS) is 23.7. The van der Waals surface area contributed by atoms with E-state index in [1.54, 1.807) is 13.8 Å². The third kappa shape index (κ3) is 4.28. The second-order valence-electron chi connectivity index (χ2n) is 8.04. The van der Waals surface area contributed by atoms with Crippen molar-refractivity contribution < 1.29 is 32.3 Å². The lowest BCUT2D eigenvalue weighted by atomic mass is 9.88. The summed E-state index contributed by atoms with van der Waals surface area (Å²) in [5, 5.41) is 1.89. The molecule has 1 atom stereocenters. The van der Waals surface area contributed by atoms with Crippen LogP contribution >= 0.6 is 0 Å². The predicted molar refractivity (Wildman–Crippen MR) is 99.4 cm³/mol. The molecule has 0 aromatic heterocycles. The van der Waals surface area contributed by atoms with Gasteiger partial charge in [-0.05, 0) is 32.6 Å². The molecule has 29 heavy (non-hydrogen) atoms. The smallest absolute Gasteiger partial charge is 0.425 e.